The molecule has 19 heavy (non-hydrogen) atoms. The Hall–Kier alpha value is -2.11. The third-order valence-corrected chi connectivity index (χ3v) is 2.88. The number of phenols is 1. The number of hydrogen-bond acceptors (Lipinski definition) is 3. The van der Waals surface area contributed by atoms with Crippen LogP contribution in [-0.2, 0) is 4.79 Å². The number of nitrogens with one attached hydrogen (secondary N) is 1. The number of benzene rings is 1. The van der Waals surface area contributed by atoms with Crippen molar-refractivity contribution in [1.82, 2.24) is 10.2 Å². The van der Waals surface area contributed by atoms with Crippen molar-refractivity contribution in [2.75, 3.05) is 13.6 Å². The van der Waals surface area contributed by atoms with Crippen LogP contribution in [0.4, 0.5) is 4.39 Å². The summed E-state index contributed by atoms with van der Waals surface area (Å²) >= 11 is 0. The van der Waals surface area contributed by atoms with Gasteiger partial charge < -0.3 is 15.3 Å². The van der Waals surface area contributed by atoms with E-state index in [-0.39, 0.29) is 18.5 Å². The van der Waals surface area contributed by atoms with Gasteiger partial charge in [-0.3, -0.25) is 9.59 Å². The smallest absolute Gasteiger partial charge is 0.260 e. The fourth-order valence-corrected chi connectivity index (χ4v) is 1.70. The lowest BCUT2D eigenvalue weighted by atomic mass is 10.1. The number of carbonyl (C=O) groups is 2. The fraction of sp³-hybridized carbons (Fsp3) is 0.385. The van der Waals surface area contributed by atoms with Gasteiger partial charge in [-0.2, -0.15) is 0 Å². The molecule has 0 aliphatic heterocycles. The lowest BCUT2D eigenvalue weighted by Gasteiger charge is -2.17. The predicted molar refractivity (Wildman–Crippen MR) is 66.2 cm³/mol. The summed E-state index contributed by atoms with van der Waals surface area (Å²) in [6.45, 7) is -0.164. The number of nitrogens with zero attached hydrogens (tertiary/aromatic N) is 1. The van der Waals surface area contributed by atoms with E-state index in [1.54, 1.807) is 0 Å². The highest BCUT2D eigenvalue weighted by atomic mass is 19.1. The number of amides is 2. The summed E-state index contributed by atoms with van der Waals surface area (Å²) in [5.41, 5.74) is -0.413. The molecule has 0 unspecified atom stereocenters. The van der Waals surface area contributed by atoms with E-state index in [1.165, 1.54) is 19.2 Å². The van der Waals surface area contributed by atoms with Crippen LogP contribution in [0.1, 0.15) is 23.2 Å². The predicted octanol–water partition coefficient (Wildman–Crippen LogP) is 0.882. The molecule has 1 saturated carbocycles. The van der Waals surface area contributed by atoms with Gasteiger partial charge in [0, 0.05) is 13.1 Å². The Morgan fingerprint density at radius 1 is 1.47 bits per heavy atom. The molecule has 102 valence electrons. The third kappa shape index (κ3) is 3.21. The van der Waals surface area contributed by atoms with E-state index in [4.69, 9.17) is 0 Å². The van der Waals surface area contributed by atoms with Crippen LogP contribution in [0.15, 0.2) is 18.2 Å². The van der Waals surface area contributed by atoms with Gasteiger partial charge in [0.2, 0.25) is 5.91 Å². The normalized spacial score (nSPS) is 14.0. The summed E-state index contributed by atoms with van der Waals surface area (Å²) in [5, 5.41) is 12.2. The van der Waals surface area contributed by atoms with Gasteiger partial charge in [0.1, 0.15) is 17.1 Å². The van der Waals surface area contributed by atoms with Crippen LogP contribution in [0, 0.1) is 5.82 Å². The Morgan fingerprint density at radius 3 is 2.74 bits per heavy atom. The zero-order valence-corrected chi connectivity index (χ0v) is 10.5. The van der Waals surface area contributed by atoms with Gasteiger partial charge in [0.15, 0.2) is 0 Å². The van der Waals surface area contributed by atoms with E-state index >= 15 is 0 Å². The van der Waals surface area contributed by atoms with Gasteiger partial charge in [-0.25, -0.2) is 4.39 Å². The second-order valence-corrected chi connectivity index (χ2v) is 4.64. The van der Waals surface area contributed by atoms with E-state index < -0.39 is 23.0 Å². The zero-order valence-electron chi connectivity index (χ0n) is 10.5. The Bertz CT molecular complexity index is 494. The van der Waals surface area contributed by atoms with Crippen LogP contribution >= 0.6 is 0 Å². The van der Waals surface area contributed by atoms with Gasteiger partial charge in [0.25, 0.3) is 5.91 Å². The van der Waals surface area contributed by atoms with E-state index in [1.807, 2.05) is 0 Å². The maximum absolute atomic E-state index is 13.5. The molecule has 0 atom stereocenters. The van der Waals surface area contributed by atoms with Crippen molar-refractivity contribution in [3.05, 3.63) is 29.6 Å². The molecule has 0 spiro atoms. The molecule has 0 radical (unpaired) electrons. The summed E-state index contributed by atoms with van der Waals surface area (Å²) in [7, 11) is 1.39. The van der Waals surface area contributed by atoms with E-state index in [0.29, 0.717) is 0 Å². The average molecular weight is 266 g/mol. The summed E-state index contributed by atoms with van der Waals surface area (Å²) < 4.78 is 13.5. The highest BCUT2D eigenvalue weighted by Gasteiger charge is 2.26. The molecule has 6 heteroatoms. The number of halogens is 1. The van der Waals surface area contributed by atoms with E-state index in [9.17, 15) is 19.1 Å². The van der Waals surface area contributed by atoms with Crippen molar-refractivity contribution in [2.24, 2.45) is 0 Å². The SMILES string of the molecule is CN(CC(=O)NC1CC1)C(=O)c1c(O)cccc1F. The van der Waals surface area contributed by atoms with Crippen LogP contribution in [0.25, 0.3) is 0 Å². The summed E-state index contributed by atoms with van der Waals surface area (Å²) in [4.78, 5) is 24.6. The highest BCUT2D eigenvalue weighted by Crippen LogP contribution is 2.21. The molecule has 2 rings (SSSR count). The van der Waals surface area contributed by atoms with Gasteiger partial charge in [0.05, 0.1) is 6.54 Å². The molecule has 0 saturated heterocycles. The van der Waals surface area contributed by atoms with Crippen molar-refractivity contribution in [3.8, 4) is 5.75 Å². The maximum atomic E-state index is 13.5. The molecule has 0 heterocycles. The molecule has 0 aromatic heterocycles. The Kier molecular flexibility index (Phi) is 3.69. The molecule has 0 bridgehead atoms. The molecule has 1 aliphatic carbocycles. The average Bonchev–Trinajstić information content (AvgIpc) is 3.12. The minimum atomic E-state index is -0.806. The molecule has 5 nitrogen and oxygen atoms in total. The monoisotopic (exact) mass is 266 g/mol. The lowest BCUT2D eigenvalue weighted by molar-refractivity contribution is -0.121. The van der Waals surface area contributed by atoms with Crippen molar-refractivity contribution < 1.29 is 19.1 Å². The second-order valence-electron chi connectivity index (χ2n) is 4.64. The molecule has 2 amide bonds. The molecule has 1 aliphatic rings. The summed E-state index contributed by atoms with van der Waals surface area (Å²) in [6, 6.07) is 3.83. The number of rotatable bonds is 4. The molecular weight excluding hydrogens is 251 g/mol. The van der Waals surface area contributed by atoms with Crippen molar-refractivity contribution in [1.29, 1.82) is 0 Å². The number of likely N-dealkylation sites (N-methyl/N-ethyl adjacent to an activating group) is 1. The summed E-state index contributed by atoms with van der Waals surface area (Å²) in [6.07, 6.45) is 1.91. The van der Waals surface area contributed by atoms with Crippen molar-refractivity contribution >= 4 is 11.8 Å². The van der Waals surface area contributed by atoms with Crippen LogP contribution in [0.3, 0.4) is 0 Å². The van der Waals surface area contributed by atoms with Gasteiger partial charge in [-0.1, -0.05) is 6.07 Å². The van der Waals surface area contributed by atoms with Crippen LogP contribution < -0.4 is 5.32 Å². The standard InChI is InChI=1S/C13H15FN2O3/c1-16(7-11(18)15-8-5-6-8)13(19)12-9(14)3-2-4-10(12)17/h2-4,8,17H,5-7H2,1H3,(H,15,18). The molecule has 1 fully saturated rings. The summed E-state index contributed by atoms with van der Waals surface area (Å²) in [5.74, 6) is -2.24. The Morgan fingerprint density at radius 2 is 2.16 bits per heavy atom. The quantitative estimate of drug-likeness (QED) is 0.850. The van der Waals surface area contributed by atoms with Gasteiger partial charge in [-0.15, -0.1) is 0 Å². The van der Waals surface area contributed by atoms with Crippen LogP contribution in [-0.4, -0.2) is 41.5 Å². The molecular formula is C13H15FN2O3. The minimum Gasteiger partial charge on any atom is -0.507 e. The molecule has 1 aromatic rings. The minimum absolute atomic E-state index is 0.164. The maximum Gasteiger partial charge on any atom is 0.260 e. The number of hydrogen-bond donors (Lipinski definition) is 2. The van der Waals surface area contributed by atoms with Crippen molar-refractivity contribution in [2.45, 2.75) is 18.9 Å². The second kappa shape index (κ2) is 5.26. The molecule has 2 N–H and O–H groups in total. The number of aromatic hydroxyl groups is 1. The third-order valence-electron chi connectivity index (χ3n) is 2.88. The first kappa shape index (κ1) is 13.3. The lowest BCUT2D eigenvalue weighted by Crippen LogP contribution is -2.39. The highest BCUT2D eigenvalue weighted by molar-refractivity contribution is 5.98. The van der Waals surface area contributed by atoms with Crippen LogP contribution in [0.5, 0.6) is 5.75 Å². The van der Waals surface area contributed by atoms with Gasteiger partial charge in [-0.05, 0) is 25.0 Å². The molecule has 1 aromatic carbocycles. The van der Waals surface area contributed by atoms with Crippen LogP contribution in [0.2, 0.25) is 0 Å². The van der Waals surface area contributed by atoms with E-state index in [2.05, 4.69) is 5.32 Å². The zero-order chi connectivity index (χ0) is 14.0. The largest absolute Gasteiger partial charge is 0.507 e. The number of carbonyl (C=O) groups excluding carboxylic acids is 2. The van der Waals surface area contributed by atoms with E-state index in [0.717, 1.165) is 23.8 Å². The first-order valence-electron chi connectivity index (χ1n) is 6.01. The van der Waals surface area contributed by atoms with Crippen molar-refractivity contribution in [3.63, 3.8) is 0 Å². The number of phenolic OH excluding ortho intramolecular Hbond substituents is 1. The fourth-order valence-electron chi connectivity index (χ4n) is 1.70. The Labute approximate surface area is 110 Å². The first-order chi connectivity index (χ1) is 8.99. The topological polar surface area (TPSA) is 69.6 Å². The van der Waals surface area contributed by atoms with Gasteiger partial charge >= 0.3 is 0 Å². The Balaban J connectivity index is 2.03. The first-order valence-corrected chi connectivity index (χ1v) is 6.01.